The highest BCUT2D eigenvalue weighted by molar-refractivity contribution is 7.92. The van der Waals surface area contributed by atoms with Gasteiger partial charge in [0.1, 0.15) is 18.4 Å². The Morgan fingerprint density at radius 2 is 1.51 bits per heavy atom. The topological polar surface area (TPSA) is 86.8 Å². The van der Waals surface area contributed by atoms with Gasteiger partial charge in [-0.25, -0.2) is 12.8 Å². The second kappa shape index (κ2) is 13.9. The number of amides is 2. The first-order valence-corrected chi connectivity index (χ1v) is 15.3. The maximum atomic E-state index is 14.9. The normalized spacial score (nSPS) is 12.3. The van der Waals surface area contributed by atoms with E-state index in [1.165, 1.54) is 49.5 Å². The molecule has 4 rings (SSSR count). The van der Waals surface area contributed by atoms with Crippen molar-refractivity contribution in [2.45, 2.75) is 37.0 Å². The van der Waals surface area contributed by atoms with Crippen LogP contribution in [-0.2, 0) is 38.8 Å². The van der Waals surface area contributed by atoms with E-state index in [0.29, 0.717) is 15.9 Å². The van der Waals surface area contributed by atoms with E-state index >= 15 is 0 Å². The Labute approximate surface area is 259 Å². The summed E-state index contributed by atoms with van der Waals surface area (Å²) in [6, 6.07) is 22.3. The molecular weight excluding hydrogens is 610 g/mol. The molecular formula is C33H31F4N3O4S. The maximum absolute atomic E-state index is 14.9. The molecule has 0 aliphatic carbocycles. The van der Waals surface area contributed by atoms with Crippen LogP contribution in [-0.4, -0.2) is 44.8 Å². The minimum Gasteiger partial charge on any atom is -0.357 e. The quantitative estimate of drug-likeness (QED) is 0.212. The highest BCUT2D eigenvalue weighted by Gasteiger charge is 2.36. The van der Waals surface area contributed by atoms with Gasteiger partial charge >= 0.3 is 6.18 Å². The van der Waals surface area contributed by atoms with Crippen LogP contribution in [0.2, 0.25) is 0 Å². The van der Waals surface area contributed by atoms with E-state index in [-0.39, 0.29) is 16.9 Å². The van der Waals surface area contributed by atoms with Gasteiger partial charge in [0.15, 0.2) is 0 Å². The Morgan fingerprint density at radius 3 is 2.13 bits per heavy atom. The minimum atomic E-state index is -4.80. The summed E-state index contributed by atoms with van der Waals surface area (Å²) in [4.78, 5) is 28.2. The fourth-order valence-electron chi connectivity index (χ4n) is 4.73. The molecule has 0 aliphatic heterocycles. The molecule has 12 heteroatoms. The summed E-state index contributed by atoms with van der Waals surface area (Å²) in [7, 11) is -3.25. The summed E-state index contributed by atoms with van der Waals surface area (Å²) >= 11 is 0. The number of sulfonamides is 1. The number of alkyl halides is 3. The number of carbonyl (C=O) groups is 2. The Bertz CT molecular complexity index is 1750. The number of benzene rings is 4. The van der Waals surface area contributed by atoms with E-state index < -0.39 is 64.2 Å². The molecule has 0 bridgehead atoms. The third kappa shape index (κ3) is 8.07. The summed E-state index contributed by atoms with van der Waals surface area (Å²) < 4.78 is 84.4. The average molecular weight is 642 g/mol. The molecule has 236 valence electrons. The molecule has 0 spiro atoms. The van der Waals surface area contributed by atoms with Crippen molar-refractivity contribution < 1.29 is 35.6 Å². The molecule has 0 heterocycles. The van der Waals surface area contributed by atoms with E-state index in [1.54, 1.807) is 43.3 Å². The lowest BCUT2D eigenvalue weighted by Crippen LogP contribution is -2.53. The molecule has 0 radical (unpaired) electrons. The Hall–Kier alpha value is -4.71. The van der Waals surface area contributed by atoms with E-state index in [1.807, 2.05) is 0 Å². The van der Waals surface area contributed by atoms with Crippen molar-refractivity contribution >= 4 is 27.5 Å². The number of carbonyl (C=O) groups excluding carboxylic acids is 2. The van der Waals surface area contributed by atoms with Gasteiger partial charge in [-0.05, 0) is 48.9 Å². The zero-order valence-corrected chi connectivity index (χ0v) is 25.3. The van der Waals surface area contributed by atoms with Crippen molar-refractivity contribution in [2.75, 3.05) is 17.9 Å². The molecule has 4 aromatic carbocycles. The van der Waals surface area contributed by atoms with E-state index in [4.69, 9.17) is 0 Å². The van der Waals surface area contributed by atoms with Gasteiger partial charge in [0.25, 0.3) is 10.0 Å². The first kappa shape index (κ1) is 33.2. The predicted molar refractivity (Wildman–Crippen MR) is 162 cm³/mol. The molecule has 0 saturated heterocycles. The zero-order valence-electron chi connectivity index (χ0n) is 24.5. The maximum Gasteiger partial charge on any atom is 0.416 e. The fourth-order valence-corrected chi connectivity index (χ4v) is 6.14. The highest BCUT2D eigenvalue weighted by Crippen LogP contribution is 2.33. The van der Waals surface area contributed by atoms with Gasteiger partial charge in [-0.3, -0.25) is 13.9 Å². The first-order valence-electron chi connectivity index (χ1n) is 13.9. The highest BCUT2D eigenvalue weighted by atomic mass is 32.2. The number of anilines is 1. The second-order valence-corrected chi connectivity index (χ2v) is 12.2. The lowest BCUT2D eigenvalue weighted by molar-refractivity contribution is -0.139. The van der Waals surface area contributed by atoms with Crippen LogP contribution in [0.5, 0.6) is 0 Å². The van der Waals surface area contributed by atoms with Gasteiger partial charge in [0.2, 0.25) is 11.8 Å². The van der Waals surface area contributed by atoms with Crippen LogP contribution in [0.1, 0.15) is 22.3 Å². The molecule has 4 aromatic rings. The zero-order chi connectivity index (χ0) is 32.8. The number of likely N-dealkylation sites (N-methyl/N-ethyl adjacent to an activating group) is 1. The van der Waals surface area contributed by atoms with Crippen LogP contribution in [0, 0.1) is 12.7 Å². The van der Waals surface area contributed by atoms with Crippen molar-refractivity contribution in [3.05, 3.63) is 131 Å². The van der Waals surface area contributed by atoms with Crippen LogP contribution >= 0.6 is 0 Å². The summed E-state index contributed by atoms with van der Waals surface area (Å²) in [5.74, 6) is -2.20. The SMILES string of the molecule is CNC(=O)[C@H](Cc1ccccc1)N(Cc1ccccc1F)C(=O)CN(c1cccc(C(F)(F)F)c1)S(=O)(=O)c1ccc(C)cc1. The van der Waals surface area contributed by atoms with Gasteiger partial charge in [-0.15, -0.1) is 0 Å². The lowest BCUT2D eigenvalue weighted by Gasteiger charge is -2.33. The van der Waals surface area contributed by atoms with Crippen LogP contribution in [0.4, 0.5) is 23.2 Å². The third-order valence-electron chi connectivity index (χ3n) is 7.17. The van der Waals surface area contributed by atoms with Crippen LogP contribution in [0.15, 0.2) is 108 Å². The van der Waals surface area contributed by atoms with Crippen molar-refractivity contribution in [1.29, 1.82) is 0 Å². The monoisotopic (exact) mass is 641 g/mol. The van der Waals surface area contributed by atoms with E-state index in [9.17, 15) is 35.6 Å². The Kier molecular flexibility index (Phi) is 10.3. The molecule has 1 N–H and O–H groups in total. The molecule has 0 saturated carbocycles. The molecule has 0 aliphatic rings. The Balaban J connectivity index is 1.84. The van der Waals surface area contributed by atoms with Gasteiger partial charge in [0, 0.05) is 25.6 Å². The number of nitrogens with one attached hydrogen (secondary N) is 1. The molecule has 0 aromatic heterocycles. The predicted octanol–water partition coefficient (Wildman–Crippen LogP) is 5.73. The molecule has 0 fully saturated rings. The summed E-state index contributed by atoms with van der Waals surface area (Å²) in [6.45, 7) is 0.336. The standard InChI is InChI=1S/C33H31F4N3O4S/c1-23-15-17-28(18-16-23)45(43,44)40(27-13-8-12-26(20-27)33(35,36)37)22-31(41)39(21-25-11-6-7-14-29(25)34)30(32(42)38-2)19-24-9-4-3-5-10-24/h3-18,20,30H,19,21-22H2,1-2H3,(H,38,42)/t30-/m0/s1. The van der Waals surface area contributed by atoms with Crippen LogP contribution in [0.3, 0.4) is 0 Å². The lowest BCUT2D eigenvalue weighted by atomic mass is 10.0. The number of nitrogens with zero attached hydrogens (tertiary/aromatic N) is 2. The van der Waals surface area contributed by atoms with E-state index in [0.717, 1.165) is 28.7 Å². The number of rotatable bonds is 11. The third-order valence-corrected chi connectivity index (χ3v) is 8.95. The van der Waals surface area contributed by atoms with E-state index in [2.05, 4.69) is 5.32 Å². The summed E-state index contributed by atoms with van der Waals surface area (Å²) in [5, 5.41) is 2.51. The van der Waals surface area contributed by atoms with Crippen LogP contribution in [0.25, 0.3) is 0 Å². The molecule has 2 amide bonds. The number of hydrogen-bond acceptors (Lipinski definition) is 4. The number of hydrogen-bond donors (Lipinski definition) is 1. The van der Waals surface area contributed by atoms with Gasteiger partial charge in [0.05, 0.1) is 16.1 Å². The molecule has 7 nitrogen and oxygen atoms in total. The van der Waals surface area contributed by atoms with Gasteiger partial charge in [-0.2, -0.15) is 13.2 Å². The summed E-state index contributed by atoms with van der Waals surface area (Å²) in [5.41, 5.74) is -0.0727. The van der Waals surface area contributed by atoms with Crippen molar-refractivity contribution in [2.24, 2.45) is 0 Å². The smallest absolute Gasteiger partial charge is 0.357 e. The van der Waals surface area contributed by atoms with Crippen molar-refractivity contribution in [1.82, 2.24) is 10.2 Å². The van der Waals surface area contributed by atoms with Crippen molar-refractivity contribution in [3.8, 4) is 0 Å². The molecule has 0 unspecified atom stereocenters. The molecule has 1 atom stereocenters. The average Bonchev–Trinajstić information content (AvgIpc) is 3.02. The van der Waals surface area contributed by atoms with Crippen molar-refractivity contribution in [3.63, 3.8) is 0 Å². The second-order valence-electron chi connectivity index (χ2n) is 10.3. The minimum absolute atomic E-state index is 0.00498. The number of halogens is 4. The fraction of sp³-hybridized carbons (Fsp3) is 0.212. The van der Waals surface area contributed by atoms with Crippen LogP contribution < -0.4 is 9.62 Å². The first-order chi connectivity index (χ1) is 21.3. The van der Waals surface area contributed by atoms with Gasteiger partial charge < -0.3 is 10.2 Å². The van der Waals surface area contributed by atoms with Gasteiger partial charge in [-0.1, -0.05) is 72.3 Å². The molecule has 45 heavy (non-hydrogen) atoms. The number of aryl methyl sites for hydroxylation is 1. The largest absolute Gasteiger partial charge is 0.416 e. The Morgan fingerprint density at radius 1 is 0.867 bits per heavy atom. The summed E-state index contributed by atoms with van der Waals surface area (Å²) in [6.07, 6.45) is -4.80.